The molecular formula is C24H47N5O8. The van der Waals surface area contributed by atoms with Crippen LogP contribution < -0.4 is 22.1 Å². The van der Waals surface area contributed by atoms with Gasteiger partial charge < -0.3 is 41.8 Å². The zero-order valence-corrected chi connectivity index (χ0v) is 22.7. The van der Waals surface area contributed by atoms with Crippen molar-refractivity contribution in [2.24, 2.45) is 22.3 Å². The van der Waals surface area contributed by atoms with E-state index in [2.05, 4.69) is 10.6 Å². The monoisotopic (exact) mass is 533 g/mol. The van der Waals surface area contributed by atoms with E-state index in [0.29, 0.717) is 26.2 Å². The summed E-state index contributed by atoms with van der Waals surface area (Å²) in [5.41, 5.74) is 8.73. The molecule has 0 heterocycles. The van der Waals surface area contributed by atoms with E-state index in [0.717, 1.165) is 0 Å². The number of nitrogens with zero attached hydrogens (tertiary/aromatic N) is 1. The number of esters is 2. The van der Waals surface area contributed by atoms with Crippen LogP contribution in [0.1, 0.15) is 47.0 Å². The molecule has 1 atom stereocenters. The van der Waals surface area contributed by atoms with Gasteiger partial charge >= 0.3 is 11.9 Å². The number of hydrogen-bond donors (Lipinski definition) is 6. The fourth-order valence-corrected chi connectivity index (χ4v) is 3.71. The Morgan fingerprint density at radius 3 is 1.76 bits per heavy atom. The number of amides is 2. The van der Waals surface area contributed by atoms with Crippen LogP contribution in [0.4, 0.5) is 0 Å². The maximum absolute atomic E-state index is 12.7. The molecular weight excluding hydrogens is 486 g/mol. The van der Waals surface area contributed by atoms with Crippen molar-refractivity contribution >= 4 is 23.8 Å². The molecule has 216 valence electrons. The topological polar surface area (TPSA) is 207 Å². The Kier molecular flexibility index (Phi) is 16.9. The molecule has 37 heavy (non-hydrogen) atoms. The smallest absolute Gasteiger partial charge is 0.311 e. The molecule has 0 aromatic rings. The lowest BCUT2D eigenvalue weighted by Crippen LogP contribution is -2.42. The Hall–Kier alpha value is -2.32. The van der Waals surface area contributed by atoms with Gasteiger partial charge in [-0.15, -0.1) is 0 Å². The van der Waals surface area contributed by atoms with E-state index in [1.807, 2.05) is 0 Å². The van der Waals surface area contributed by atoms with Crippen LogP contribution in [0.15, 0.2) is 0 Å². The van der Waals surface area contributed by atoms with Crippen LogP contribution in [-0.4, -0.2) is 111 Å². The van der Waals surface area contributed by atoms with E-state index < -0.39 is 28.9 Å². The number of carbonyl (C=O) groups excluding carboxylic acids is 4. The van der Waals surface area contributed by atoms with E-state index in [1.54, 1.807) is 32.6 Å². The summed E-state index contributed by atoms with van der Waals surface area (Å²) in [4.78, 5) is 50.6. The Morgan fingerprint density at radius 1 is 0.865 bits per heavy atom. The number of nitrogens with one attached hydrogen (secondary N) is 2. The van der Waals surface area contributed by atoms with Gasteiger partial charge in [-0.1, -0.05) is 0 Å². The predicted octanol–water partition coefficient (Wildman–Crippen LogP) is -1.90. The average molecular weight is 534 g/mol. The number of aliphatic hydroxyl groups excluding tert-OH is 2. The summed E-state index contributed by atoms with van der Waals surface area (Å²) < 4.78 is 10.3. The molecule has 0 spiro atoms. The standard InChI is InChI=1S/C24H47N5O8/c1-23(2,21(34)36-14-13-30)17-24(3,4)22(35)37-16-18(31)15-29(11-5-19(32)27-9-7-25)12-6-20(33)28-10-8-26/h18,30-31H,5-17,25-26H2,1-4H3,(H,27,32)(H,28,33). The van der Waals surface area contributed by atoms with Crippen LogP contribution >= 0.6 is 0 Å². The van der Waals surface area contributed by atoms with Crippen LogP contribution in [0.25, 0.3) is 0 Å². The van der Waals surface area contributed by atoms with Crippen molar-refractivity contribution in [2.75, 3.05) is 65.6 Å². The molecule has 0 aliphatic carbocycles. The minimum absolute atomic E-state index is 0.0705. The lowest BCUT2D eigenvalue weighted by molar-refractivity contribution is -0.164. The largest absolute Gasteiger partial charge is 0.463 e. The molecule has 0 aliphatic rings. The first-order valence-corrected chi connectivity index (χ1v) is 12.6. The molecule has 0 rings (SSSR count). The number of carbonyl (C=O) groups is 4. The second-order valence-corrected chi connectivity index (χ2v) is 10.1. The normalized spacial score (nSPS) is 12.7. The van der Waals surface area contributed by atoms with Gasteiger partial charge in [0.1, 0.15) is 19.3 Å². The number of ether oxygens (including phenoxy) is 2. The quantitative estimate of drug-likeness (QED) is 0.0953. The minimum Gasteiger partial charge on any atom is -0.463 e. The van der Waals surface area contributed by atoms with Crippen LogP contribution in [-0.2, 0) is 28.7 Å². The van der Waals surface area contributed by atoms with Gasteiger partial charge in [0.2, 0.25) is 11.8 Å². The summed E-state index contributed by atoms with van der Waals surface area (Å²) in [6.07, 6.45) is -0.653. The Balaban J connectivity index is 4.94. The Morgan fingerprint density at radius 2 is 1.32 bits per heavy atom. The number of aliphatic hydroxyl groups is 2. The first-order chi connectivity index (χ1) is 17.3. The van der Waals surface area contributed by atoms with Gasteiger partial charge in [0.25, 0.3) is 0 Å². The zero-order valence-electron chi connectivity index (χ0n) is 22.7. The third-order valence-electron chi connectivity index (χ3n) is 5.43. The van der Waals surface area contributed by atoms with Crippen molar-refractivity contribution in [1.82, 2.24) is 15.5 Å². The van der Waals surface area contributed by atoms with Gasteiger partial charge in [-0.05, 0) is 34.1 Å². The molecule has 0 radical (unpaired) electrons. The molecule has 2 amide bonds. The maximum Gasteiger partial charge on any atom is 0.311 e. The van der Waals surface area contributed by atoms with Crippen LogP contribution in [0.5, 0.6) is 0 Å². The molecule has 8 N–H and O–H groups in total. The summed E-state index contributed by atoms with van der Waals surface area (Å²) in [5, 5.41) is 24.7. The van der Waals surface area contributed by atoms with Crippen LogP contribution in [0.2, 0.25) is 0 Å². The van der Waals surface area contributed by atoms with E-state index in [9.17, 15) is 24.3 Å². The molecule has 13 heteroatoms. The van der Waals surface area contributed by atoms with E-state index in [1.165, 1.54) is 0 Å². The van der Waals surface area contributed by atoms with Gasteiger partial charge in [0, 0.05) is 58.7 Å². The third-order valence-corrected chi connectivity index (χ3v) is 5.43. The first-order valence-electron chi connectivity index (χ1n) is 12.6. The summed E-state index contributed by atoms with van der Waals surface area (Å²) in [7, 11) is 0. The van der Waals surface area contributed by atoms with Crippen molar-refractivity contribution in [3.8, 4) is 0 Å². The van der Waals surface area contributed by atoms with Gasteiger partial charge in [-0.3, -0.25) is 24.1 Å². The second kappa shape index (κ2) is 18.0. The summed E-state index contributed by atoms with van der Waals surface area (Å²) in [6, 6.07) is 0. The molecule has 13 nitrogen and oxygen atoms in total. The fraction of sp³-hybridized carbons (Fsp3) is 0.833. The van der Waals surface area contributed by atoms with Gasteiger partial charge in [-0.2, -0.15) is 0 Å². The predicted molar refractivity (Wildman–Crippen MR) is 137 cm³/mol. The van der Waals surface area contributed by atoms with Crippen LogP contribution in [0.3, 0.4) is 0 Å². The van der Waals surface area contributed by atoms with Gasteiger partial charge in [-0.25, -0.2) is 0 Å². The molecule has 0 saturated heterocycles. The Bertz CT molecular complexity index is 693. The van der Waals surface area contributed by atoms with E-state index in [-0.39, 0.29) is 70.5 Å². The summed E-state index contributed by atoms with van der Waals surface area (Å²) >= 11 is 0. The first kappa shape index (κ1) is 34.7. The molecule has 0 fully saturated rings. The minimum atomic E-state index is -1.07. The Labute approximate surface area is 219 Å². The van der Waals surface area contributed by atoms with E-state index in [4.69, 9.17) is 26.0 Å². The maximum atomic E-state index is 12.7. The van der Waals surface area contributed by atoms with Crippen LogP contribution in [0, 0.1) is 10.8 Å². The van der Waals surface area contributed by atoms with Crippen molar-refractivity contribution < 1.29 is 38.9 Å². The molecule has 1 unspecified atom stereocenters. The summed E-state index contributed by atoms with van der Waals surface area (Å²) in [6.45, 7) is 7.80. The molecule has 0 saturated carbocycles. The number of hydrogen-bond acceptors (Lipinski definition) is 11. The molecule has 0 aromatic heterocycles. The highest BCUT2D eigenvalue weighted by Gasteiger charge is 2.41. The van der Waals surface area contributed by atoms with E-state index >= 15 is 0 Å². The highest BCUT2D eigenvalue weighted by molar-refractivity contribution is 5.80. The number of rotatable bonds is 20. The van der Waals surface area contributed by atoms with Crippen molar-refractivity contribution in [1.29, 1.82) is 0 Å². The van der Waals surface area contributed by atoms with Crippen molar-refractivity contribution in [3.63, 3.8) is 0 Å². The van der Waals surface area contributed by atoms with Crippen molar-refractivity contribution in [3.05, 3.63) is 0 Å². The highest BCUT2D eigenvalue weighted by atomic mass is 16.5. The van der Waals surface area contributed by atoms with Crippen molar-refractivity contribution in [2.45, 2.75) is 53.1 Å². The number of nitrogens with two attached hydrogens (primary N) is 2. The SMILES string of the molecule is CC(C)(CC(C)(C)C(=O)OCC(O)CN(CCC(=O)NCCN)CCC(=O)NCCN)C(=O)OCCO. The zero-order chi connectivity index (χ0) is 28.5. The fourth-order valence-electron chi connectivity index (χ4n) is 3.71. The highest BCUT2D eigenvalue weighted by Crippen LogP contribution is 2.35. The molecule has 0 aromatic carbocycles. The second-order valence-electron chi connectivity index (χ2n) is 10.1. The third kappa shape index (κ3) is 15.5. The average Bonchev–Trinajstić information content (AvgIpc) is 2.83. The lowest BCUT2D eigenvalue weighted by atomic mass is 9.75. The molecule has 0 bridgehead atoms. The lowest BCUT2D eigenvalue weighted by Gasteiger charge is -2.32. The van der Waals surface area contributed by atoms with Gasteiger partial charge in [0.05, 0.1) is 17.4 Å². The summed E-state index contributed by atoms with van der Waals surface area (Å²) in [5.74, 6) is -1.54. The van der Waals surface area contributed by atoms with Gasteiger partial charge in [0.15, 0.2) is 0 Å². The molecule has 0 aliphatic heterocycles.